The molecule has 1 aromatic rings. The van der Waals surface area contributed by atoms with Crippen molar-refractivity contribution in [2.24, 2.45) is 5.92 Å². The highest BCUT2D eigenvalue weighted by atomic mass is 32.1. The number of hydrogen-bond acceptors (Lipinski definition) is 3. The minimum atomic E-state index is -0.830. The molecular weight excluding hydrogens is 196 g/mol. The minimum Gasteiger partial charge on any atom is -0.385 e. The Morgan fingerprint density at radius 2 is 2.14 bits per heavy atom. The molecule has 78 valence electrons. The van der Waals surface area contributed by atoms with Crippen LogP contribution in [0.2, 0.25) is 0 Å². The quantitative estimate of drug-likeness (QED) is 0.762. The molecule has 1 rings (SSSR count). The predicted molar refractivity (Wildman–Crippen MR) is 58.7 cm³/mol. The van der Waals surface area contributed by atoms with E-state index in [0.29, 0.717) is 4.88 Å². The van der Waals surface area contributed by atoms with Crippen LogP contribution in [0.1, 0.15) is 36.4 Å². The summed E-state index contributed by atoms with van der Waals surface area (Å²) < 4.78 is 0. The molecule has 0 amide bonds. The van der Waals surface area contributed by atoms with Crippen LogP contribution in [0.3, 0.4) is 0 Å². The molecule has 1 aromatic heterocycles. The third kappa shape index (κ3) is 2.42. The number of rotatable bonds is 5. The Labute approximate surface area is 88.6 Å². The molecule has 0 spiro atoms. The third-order valence-corrected chi connectivity index (χ3v) is 3.41. The molecule has 2 nitrogen and oxygen atoms in total. The summed E-state index contributed by atoms with van der Waals surface area (Å²) in [4.78, 5) is 12.4. The smallest absolute Gasteiger partial charge is 0.201 e. The number of Topliss-reactive ketones (excluding diaryl/α,β-unsaturated/α-hetero) is 1. The molecule has 1 heterocycles. The molecule has 1 N–H and O–H groups in total. The van der Waals surface area contributed by atoms with Crippen molar-refractivity contribution >= 4 is 17.1 Å². The van der Waals surface area contributed by atoms with E-state index in [1.54, 1.807) is 6.07 Å². The SMILES string of the molecule is CCC(CC)C(O)C(=O)c1cccs1. The van der Waals surface area contributed by atoms with E-state index >= 15 is 0 Å². The van der Waals surface area contributed by atoms with Gasteiger partial charge < -0.3 is 5.11 Å². The van der Waals surface area contributed by atoms with Gasteiger partial charge in [0, 0.05) is 0 Å². The van der Waals surface area contributed by atoms with Gasteiger partial charge in [-0.1, -0.05) is 32.8 Å². The first-order valence-electron chi connectivity index (χ1n) is 4.96. The van der Waals surface area contributed by atoms with Gasteiger partial charge in [-0.15, -0.1) is 11.3 Å². The van der Waals surface area contributed by atoms with Crippen LogP contribution in [-0.4, -0.2) is 17.0 Å². The molecule has 0 aromatic carbocycles. The zero-order valence-corrected chi connectivity index (χ0v) is 9.38. The maximum atomic E-state index is 11.7. The van der Waals surface area contributed by atoms with Crippen molar-refractivity contribution in [1.29, 1.82) is 0 Å². The molecule has 0 fully saturated rings. The number of hydrogen-bond donors (Lipinski definition) is 1. The average Bonchev–Trinajstić information content (AvgIpc) is 2.71. The van der Waals surface area contributed by atoms with Gasteiger partial charge in [-0.05, 0) is 17.4 Å². The van der Waals surface area contributed by atoms with Crippen molar-refractivity contribution in [3.05, 3.63) is 22.4 Å². The first kappa shape index (κ1) is 11.4. The first-order valence-corrected chi connectivity index (χ1v) is 5.84. The second kappa shape index (κ2) is 5.27. The van der Waals surface area contributed by atoms with Crippen LogP contribution >= 0.6 is 11.3 Å². The summed E-state index contributed by atoms with van der Waals surface area (Å²) in [6.45, 7) is 4.00. The van der Waals surface area contributed by atoms with Crippen LogP contribution in [-0.2, 0) is 0 Å². The van der Waals surface area contributed by atoms with Gasteiger partial charge in [0.05, 0.1) is 4.88 Å². The van der Waals surface area contributed by atoms with Gasteiger partial charge in [0.1, 0.15) is 6.10 Å². The summed E-state index contributed by atoms with van der Waals surface area (Å²) in [6, 6.07) is 3.59. The lowest BCUT2D eigenvalue weighted by Crippen LogP contribution is -2.28. The molecule has 0 bridgehead atoms. The number of ketones is 1. The monoisotopic (exact) mass is 212 g/mol. The van der Waals surface area contributed by atoms with Crippen LogP contribution in [0.4, 0.5) is 0 Å². The number of thiophene rings is 1. The average molecular weight is 212 g/mol. The molecule has 1 unspecified atom stereocenters. The van der Waals surface area contributed by atoms with Crippen LogP contribution in [0, 0.1) is 5.92 Å². The zero-order chi connectivity index (χ0) is 10.6. The predicted octanol–water partition coefficient (Wildman–Crippen LogP) is 2.73. The van der Waals surface area contributed by atoms with Gasteiger partial charge in [-0.3, -0.25) is 4.79 Å². The summed E-state index contributed by atoms with van der Waals surface area (Å²) in [5.41, 5.74) is 0. The van der Waals surface area contributed by atoms with Crippen molar-refractivity contribution in [1.82, 2.24) is 0 Å². The van der Waals surface area contributed by atoms with E-state index in [2.05, 4.69) is 0 Å². The van der Waals surface area contributed by atoms with Crippen LogP contribution in [0.25, 0.3) is 0 Å². The lowest BCUT2D eigenvalue weighted by Gasteiger charge is -2.17. The van der Waals surface area contributed by atoms with E-state index in [0.717, 1.165) is 12.8 Å². The van der Waals surface area contributed by atoms with Crippen molar-refractivity contribution in [3.63, 3.8) is 0 Å². The van der Waals surface area contributed by atoms with E-state index < -0.39 is 6.10 Å². The molecule has 0 aliphatic carbocycles. The highest BCUT2D eigenvalue weighted by Gasteiger charge is 2.24. The normalized spacial score (nSPS) is 13.1. The van der Waals surface area contributed by atoms with Gasteiger partial charge in [-0.25, -0.2) is 0 Å². The van der Waals surface area contributed by atoms with Gasteiger partial charge in [-0.2, -0.15) is 0 Å². The van der Waals surface area contributed by atoms with Crippen molar-refractivity contribution in [3.8, 4) is 0 Å². The van der Waals surface area contributed by atoms with Crippen LogP contribution < -0.4 is 0 Å². The molecule has 0 aliphatic heterocycles. The zero-order valence-electron chi connectivity index (χ0n) is 8.56. The molecule has 0 saturated carbocycles. The third-order valence-electron chi connectivity index (χ3n) is 2.53. The second-order valence-corrected chi connectivity index (χ2v) is 4.31. The Morgan fingerprint density at radius 3 is 2.57 bits per heavy atom. The van der Waals surface area contributed by atoms with Gasteiger partial charge in [0.2, 0.25) is 5.78 Å². The number of aliphatic hydroxyl groups is 1. The van der Waals surface area contributed by atoms with Crippen molar-refractivity contribution < 1.29 is 9.90 Å². The highest BCUT2D eigenvalue weighted by molar-refractivity contribution is 7.12. The van der Waals surface area contributed by atoms with Gasteiger partial charge in [0.15, 0.2) is 0 Å². The standard InChI is InChI=1S/C11H16O2S/c1-3-8(4-2)10(12)11(13)9-6-5-7-14-9/h5-8,10,12H,3-4H2,1-2H3. The largest absolute Gasteiger partial charge is 0.385 e. The van der Waals surface area contributed by atoms with E-state index in [9.17, 15) is 9.90 Å². The number of carbonyl (C=O) groups excluding carboxylic acids is 1. The summed E-state index contributed by atoms with van der Waals surface area (Å²) in [7, 11) is 0. The lowest BCUT2D eigenvalue weighted by molar-refractivity contribution is 0.0592. The number of aliphatic hydroxyl groups excluding tert-OH is 1. The molecule has 1 atom stereocenters. The first-order chi connectivity index (χ1) is 6.70. The fourth-order valence-electron chi connectivity index (χ4n) is 1.51. The van der Waals surface area contributed by atoms with Gasteiger partial charge in [0.25, 0.3) is 0 Å². The Balaban J connectivity index is 2.69. The summed E-state index contributed by atoms with van der Waals surface area (Å²) >= 11 is 1.39. The maximum Gasteiger partial charge on any atom is 0.201 e. The highest BCUT2D eigenvalue weighted by Crippen LogP contribution is 2.19. The minimum absolute atomic E-state index is 0.0876. The fourth-order valence-corrected chi connectivity index (χ4v) is 2.21. The second-order valence-electron chi connectivity index (χ2n) is 3.36. The Bertz CT molecular complexity index is 275. The summed E-state index contributed by atoms with van der Waals surface area (Å²) in [5.74, 6) is -0.0432. The summed E-state index contributed by atoms with van der Waals surface area (Å²) in [6.07, 6.45) is 0.854. The van der Waals surface area contributed by atoms with Crippen molar-refractivity contribution in [2.75, 3.05) is 0 Å². The summed E-state index contributed by atoms with van der Waals surface area (Å²) in [5, 5.41) is 11.7. The molecule has 0 aliphatic rings. The fraction of sp³-hybridized carbons (Fsp3) is 0.545. The van der Waals surface area contributed by atoms with E-state index in [-0.39, 0.29) is 11.7 Å². The molecule has 0 saturated heterocycles. The Hall–Kier alpha value is -0.670. The van der Waals surface area contributed by atoms with Gasteiger partial charge >= 0.3 is 0 Å². The van der Waals surface area contributed by atoms with E-state index in [1.807, 2.05) is 25.3 Å². The van der Waals surface area contributed by atoms with Crippen molar-refractivity contribution in [2.45, 2.75) is 32.8 Å². The Kier molecular flexibility index (Phi) is 4.29. The lowest BCUT2D eigenvalue weighted by atomic mass is 9.93. The molecule has 14 heavy (non-hydrogen) atoms. The topological polar surface area (TPSA) is 37.3 Å². The number of carbonyl (C=O) groups is 1. The molecule has 3 heteroatoms. The molecular formula is C11H16O2S. The maximum absolute atomic E-state index is 11.7. The Morgan fingerprint density at radius 1 is 1.50 bits per heavy atom. The van der Waals surface area contributed by atoms with E-state index in [4.69, 9.17) is 0 Å². The molecule has 0 radical (unpaired) electrons. The van der Waals surface area contributed by atoms with Crippen LogP contribution in [0.15, 0.2) is 17.5 Å². The van der Waals surface area contributed by atoms with E-state index in [1.165, 1.54) is 11.3 Å². The van der Waals surface area contributed by atoms with Crippen LogP contribution in [0.5, 0.6) is 0 Å².